The van der Waals surface area contributed by atoms with Crippen molar-refractivity contribution in [2.75, 3.05) is 7.11 Å². The molecule has 0 aromatic heterocycles. The van der Waals surface area contributed by atoms with E-state index in [0.717, 1.165) is 0 Å². The quantitative estimate of drug-likeness (QED) is 0.777. The Balaban J connectivity index is 2.32. The molecule has 0 heterocycles. The van der Waals surface area contributed by atoms with Gasteiger partial charge in [0.1, 0.15) is 11.4 Å². The second-order valence-corrected chi connectivity index (χ2v) is 4.95. The van der Waals surface area contributed by atoms with Crippen molar-refractivity contribution < 1.29 is 9.84 Å². The van der Waals surface area contributed by atoms with Gasteiger partial charge in [-0.25, -0.2) is 0 Å². The number of rotatable bonds is 3. The highest BCUT2D eigenvalue weighted by molar-refractivity contribution is 9.10. The third kappa shape index (κ3) is 3.45. The average Bonchev–Trinajstić information content (AvgIpc) is 2.41. The number of phenolic OH excluding ortho intramolecular Hbond substituents is 1. The Bertz CT molecular complexity index is 632. The van der Waals surface area contributed by atoms with E-state index < -0.39 is 0 Å². The van der Waals surface area contributed by atoms with Crippen molar-refractivity contribution in [1.29, 1.82) is 0 Å². The van der Waals surface area contributed by atoms with Crippen molar-refractivity contribution in [3.05, 3.63) is 45.9 Å². The zero-order valence-electron chi connectivity index (χ0n) is 9.97. The van der Waals surface area contributed by atoms with Gasteiger partial charge in [0.15, 0.2) is 5.75 Å². The molecular weight excluding hydrogens is 332 g/mol. The van der Waals surface area contributed by atoms with Gasteiger partial charge < -0.3 is 9.84 Å². The molecule has 0 fully saturated rings. The molecule has 0 aliphatic heterocycles. The predicted molar refractivity (Wildman–Crippen MR) is 78.0 cm³/mol. The first-order valence-electron chi connectivity index (χ1n) is 5.34. The molecule has 0 saturated heterocycles. The first-order valence-corrected chi connectivity index (χ1v) is 6.51. The van der Waals surface area contributed by atoms with E-state index in [-0.39, 0.29) is 5.75 Å². The summed E-state index contributed by atoms with van der Waals surface area (Å²) in [7, 11) is 1.58. The van der Waals surface area contributed by atoms with Crippen LogP contribution in [0.4, 0.5) is 11.4 Å². The Kier molecular flexibility index (Phi) is 4.39. The Morgan fingerprint density at radius 3 is 2.74 bits per heavy atom. The van der Waals surface area contributed by atoms with Crippen LogP contribution in [-0.2, 0) is 0 Å². The zero-order chi connectivity index (χ0) is 13.8. The smallest absolute Gasteiger partial charge is 0.157 e. The van der Waals surface area contributed by atoms with E-state index in [4.69, 9.17) is 16.3 Å². The second-order valence-electron chi connectivity index (χ2n) is 3.66. The third-order valence-electron chi connectivity index (χ3n) is 2.33. The summed E-state index contributed by atoms with van der Waals surface area (Å²) in [6, 6.07) is 10.3. The van der Waals surface area contributed by atoms with Gasteiger partial charge in [-0.2, -0.15) is 5.11 Å². The molecule has 0 aliphatic carbocycles. The van der Waals surface area contributed by atoms with Gasteiger partial charge in [-0.05, 0) is 40.2 Å². The van der Waals surface area contributed by atoms with Gasteiger partial charge in [-0.3, -0.25) is 0 Å². The fourth-order valence-electron chi connectivity index (χ4n) is 1.41. The molecular formula is C13H10BrClN2O2. The number of hydrogen-bond donors (Lipinski definition) is 1. The number of azo groups is 1. The van der Waals surface area contributed by atoms with Crippen molar-refractivity contribution >= 4 is 38.9 Å². The van der Waals surface area contributed by atoms with Gasteiger partial charge in [0.05, 0.1) is 17.3 Å². The summed E-state index contributed by atoms with van der Waals surface area (Å²) in [6.07, 6.45) is 0. The van der Waals surface area contributed by atoms with E-state index in [1.165, 1.54) is 6.07 Å². The lowest BCUT2D eigenvalue weighted by Gasteiger charge is -2.02. The van der Waals surface area contributed by atoms with Crippen LogP contribution in [0, 0.1) is 0 Å². The van der Waals surface area contributed by atoms with Crippen molar-refractivity contribution in [3.63, 3.8) is 0 Å². The summed E-state index contributed by atoms with van der Waals surface area (Å²) in [5.41, 5.74) is 0.914. The minimum Gasteiger partial charge on any atom is -0.505 e. The standard InChI is InChI=1S/C13H10BrClN2O2/c1-19-10-4-2-3-9(7-10)16-17-12-6-8(15)5-11(14)13(12)18/h2-7,18H,1H3. The second kappa shape index (κ2) is 6.04. The molecule has 0 radical (unpaired) electrons. The summed E-state index contributed by atoms with van der Waals surface area (Å²) in [5, 5.41) is 18.3. The van der Waals surface area contributed by atoms with E-state index in [9.17, 15) is 5.11 Å². The maximum absolute atomic E-state index is 9.82. The molecule has 0 atom stereocenters. The molecule has 2 rings (SSSR count). The number of aromatic hydroxyl groups is 1. The van der Waals surface area contributed by atoms with E-state index in [0.29, 0.717) is 26.6 Å². The zero-order valence-corrected chi connectivity index (χ0v) is 12.3. The van der Waals surface area contributed by atoms with Gasteiger partial charge in [0.25, 0.3) is 0 Å². The van der Waals surface area contributed by atoms with Crippen LogP contribution < -0.4 is 4.74 Å². The summed E-state index contributed by atoms with van der Waals surface area (Å²) in [5.74, 6) is 0.684. The van der Waals surface area contributed by atoms with E-state index in [2.05, 4.69) is 26.2 Å². The van der Waals surface area contributed by atoms with Gasteiger partial charge in [-0.1, -0.05) is 17.7 Å². The van der Waals surface area contributed by atoms with Crippen LogP contribution in [0.1, 0.15) is 0 Å². The maximum atomic E-state index is 9.82. The molecule has 2 aromatic rings. The van der Waals surface area contributed by atoms with Gasteiger partial charge in [-0.15, -0.1) is 5.11 Å². The number of methoxy groups -OCH3 is 1. The SMILES string of the molecule is COc1cccc(N=Nc2cc(Cl)cc(Br)c2O)c1. The van der Waals surface area contributed by atoms with Crippen molar-refractivity contribution in [2.24, 2.45) is 10.2 Å². The normalized spacial score (nSPS) is 10.9. The molecule has 19 heavy (non-hydrogen) atoms. The molecule has 0 spiro atoms. The first kappa shape index (κ1) is 13.8. The molecule has 2 aromatic carbocycles. The average molecular weight is 342 g/mol. The Morgan fingerprint density at radius 1 is 1.21 bits per heavy atom. The molecule has 0 saturated carbocycles. The summed E-state index contributed by atoms with van der Waals surface area (Å²) in [6.45, 7) is 0. The maximum Gasteiger partial charge on any atom is 0.157 e. The predicted octanol–water partition coefficient (Wildman–Crippen LogP) is 5.23. The van der Waals surface area contributed by atoms with Crippen LogP contribution in [0.25, 0.3) is 0 Å². The summed E-state index contributed by atoms with van der Waals surface area (Å²) >= 11 is 9.08. The fraction of sp³-hybridized carbons (Fsp3) is 0.0769. The van der Waals surface area contributed by atoms with Crippen LogP contribution in [0.15, 0.2) is 51.1 Å². The summed E-state index contributed by atoms with van der Waals surface area (Å²) < 4.78 is 5.56. The highest BCUT2D eigenvalue weighted by Gasteiger charge is 2.06. The van der Waals surface area contributed by atoms with Crippen molar-refractivity contribution in [1.82, 2.24) is 0 Å². The highest BCUT2D eigenvalue weighted by atomic mass is 79.9. The summed E-state index contributed by atoms with van der Waals surface area (Å²) in [4.78, 5) is 0. The molecule has 0 bridgehead atoms. The van der Waals surface area contributed by atoms with Crippen LogP contribution >= 0.6 is 27.5 Å². The van der Waals surface area contributed by atoms with Crippen LogP contribution in [-0.4, -0.2) is 12.2 Å². The number of phenols is 1. The first-order chi connectivity index (χ1) is 9.10. The van der Waals surface area contributed by atoms with Gasteiger partial charge in [0, 0.05) is 11.1 Å². The molecule has 0 aliphatic rings. The number of hydrogen-bond acceptors (Lipinski definition) is 4. The highest BCUT2D eigenvalue weighted by Crippen LogP contribution is 2.38. The largest absolute Gasteiger partial charge is 0.505 e. The van der Waals surface area contributed by atoms with Crippen molar-refractivity contribution in [3.8, 4) is 11.5 Å². The van der Waals surface area contributed by atoms with Crippen LogP contribution in [0.3, 0.4) is 0 Å². The Hall–Kier alpha value is -1.59. The lowest BCUT2D eigenvalue weighted by molar-refractivity contribution is 0.415. The molecule has 0 unspecified atom stereocenters. The minimum absolute atomic E-state index is 0.00366. The third-order valence-corrected chi connectivity index (χ3v) is 3.16. The number of benzene rings is 2. The Morgan fingerprint density at radius 2 is 2.00 bits per heavy atom. The van der Waals surface area contributed by atoms with Gasteiger partial charge in [0.2, 0.25) is 0 Å². The lowest BCUT2D eigenvalue weighted by Crippen LogP contribution is -1.80. The fourth-order valence-corrected chi connectivity index (χ4v) is 2.21. The van der Waals surface area contributed by atoms with Crippen LogP contribution in [0.2, 0.25) is 5.02 Å². The van der Waals surface area contributed by atoms with Gasteiger partial charge >= 0.3 is 0 Å². The monoisotopic (exact) mass is 340 g/mol. The van der Waals surface area contributed by atoms with Crippen LogP contribution in [0.5, 0.6) is 11.5 Å². The molecule has 6 heteroatoms. The van der Waals surface area contributed by atoms with Crippen molar-refractivity contribution in [2.45, 2.75) is 0 Å². The number of halogens is 2. The molecule has 4 nitrogen and oxygen atoms in total. The lowest BCUT2D eigenvalue weighted by atomic mass is 10.3. The van der Waals surface area contributed by atoms with E-state index in [1.807, 2.05) is 6.07 Å². The van der Waals surface area contributed by atoms with E-state index >= 15 is 0 Å². The Labute approximate surface area is 123 Å². The molecule has 1 N–H and O–H groups in total. The molecule has 0 amide bonds. The molecule has 98 valence electrons. The topological polar surface area (TPSA) is 54.2 Å². The minimum atomic E-state index is -0.00366. The number of ether oxygens (including phenoxy) is 1. The van der Waals surface area contributed by atoms with E-state index in [1.54, 1.807) is 31.4 Å². The number of nitrogens with zero attached hydrogens (tertiary/aromatic N) is 2.